The topological polar surface area (TPSA) is 54.4 Å². The lowest BCUT2D eigenvalue weighted by molar-refractivity contribution is 0.0950. The maximum Gasteiger partial charge on any atom is 0.289 e. The minimum absolute atomic E-state index is 0.329. The van der Waals surface area contributed by atoms with Crippen molar-refractivity contribution in [3.05, 3.63) is 72.1 Å². The van der Waals surface area contributed by atoms with Crippen LogP contribution in [-0.2, 0) is 0 Å². The maximum atomic E-state index is 11.6. The SMILES string of the molecule is O=C(N/N=C/C=C\c1ccccc1)c1ccccn1. The highest BCUT2D eigenvalue weighted by atomic mass is 16.2. The number of rotatable bonds is 4. The number of nitrogens with zero attached hydrogens (tertiary/aromatic N) is 2. The van der Waals surface area contributed by atoms with Crippen molar-refractivity contribution in [1.82, 2.24) is 10.4 Å². The van der Waals surface area contributed by atoms with Gasteiger partial charge in [0.1, 0.15) is 5.69 Å². The number of hydrogen-bond acceptors (Lipinski definition) is 3. The molecule has 0 radical (unpaired) electrons. The Morgan fingerprint density at radius 2 is 1.89 bits per heavy atom. The largest absolute Gasteiger partial charge is 0.289 e. The summed E-state index contributed by atoms with van der Waals surface area (Å²) in [5, 5.41) is 3.81. The van der Waals surface area contributed by atoms with Crippen molar-refractivity contribution in [2.45, 2.75) is 0 Å². The first-order valence-corrected chi connectivity index (χ1v) is 5.82. The summed E-state index contributed by atoms with van der Waals surface area (Å²) in [5.74, 6) is -0.329. The van der Waals surface area contributed by atoms with E-state index in [1.54, 1.807) is 30.5 Å². The molecule has 0 bridgehead atoms. The number of allylic oxidation sites excluding steroid dienone is 1. The van der Waals surface area contributed by atoms with Crippen molar-refractivity contribution in [3.63, 3.8) is 0 Å². The van der Waals surface area contributed by atoms with E-state index in [1.165, 1.54) is 6.21 Å². The van der Waals surface area contributed by atoms with Crippen LogP contribution in [0.1, 0.15) is 16.1 Å². The van der Waals surface area contributed by atoms with Crippen LogP contribution in [0, 0.1) is 0 Å². The van der Waals surface area contributed by atoms with E-state index in [-0.39, 0.29) is 5.91 Å². The Bertz CT molecular complexity index is 577. The number of nitrogens with one attached hydrogen (secondary N) is 1. The third kappa shape index (κ3) is 4.20. The summed E-state index contributed by atoms with van der Waals surface area (Å²) in [6.45, 7) is 0. The number of benzene rings is 1. The van der Waals surface area contributed by atoms with Gasteiger partial charge in [0.25, 0.3) is 5.91 Å². The number of amides is 1. The van der Waals surface area contributed by atoms with Crippen LogP contribution in [0.25, 0.3) is 6.08 Å². The van der Waals surface area contributed by atoms with Gasteiger partial charge in [-0.1, -0.05) is 42.5 Å². The molecule has 0 unspecified atom stereocenters. The van der Waals surface area contributed by atoms with Crippen molar-refractivity contribution in [3.8, 4) is 0 Å². The number of pyridine rings is 1. The fourth-order valence-corrected chi connectivity index (χ4v) is 1.41. The van der Waals surface area contributed by atoms with Gasteiger partial charge >= 0.3 is 0 Å². The smallest absolute Gasteiger partial charge is 0.266 e. The molecule has 0 spiro atoms. The predicted molar refractivity (Wildman–Crippen MR) is 75.7 cm³/mol. The Labute approximate surface area is 111 Å². The van der Waals surface area contributed by atoms with Crippen LogP contribution in [0.3, 0.4) is 0 Å². The summed E-state index contributed by atoms with van der Waals surface area (Å²) in [4.78, 5) is 15.5. The van der Waals surface area contributed by atoms with Gasteiger partial charge in [-0.2, -0.15) is 5.10 Å². The summed E-state index contributed by atoms with van der Waals surface area (Å²) < 4.78 is 0. The molecule has 0 aliphatic rings. The molecular formula is C15H13N3O. The van der Waals surface area contributed by atoms with Crippen LogP contribution < -0.4 is 5.43 Å². The molecule has 94 valence electrons. The number of carbonyl (C=O) groups is 1. The zero-order valence-electron chi connectivity index (χ0n) is 10.2. The van der Waals surface area contributed by atoms with Gasteiger partial charge in [0, 0.05) is 12.4 Å². The Balaban J connectivity index is 1.84. The Morgan fingerprint density at radius 1 is 1.11 bits per heavy atom. The van der Waals surface area contributed by atoms with E-state index in [4.69, 9.17) is 0 Å². The van der Waals surface area contributed by atoms with Gasteiger partial charge in [-0.15, -0.1) is 0 Å². The van der Waals surface area contributed by atoms with E-state index in [1.807, 2.05) is 36.4 Å². The Kier molecular flexibility index (Phi) is 4.58. The second kappa shape index (κ2) is 6.86. The van der Waals surface area contributed by atoms with E-state index in [9.17, 15) is 4.79 Å². The lowest BCUT2D eigenvalue weighted by Crippen LogP contribution is -2.18. The van der Waals surface area contributed by atoms with Gasteiger partial charge in [-0.3, -0.25) is 9.78 Å². The zero-order valence-corrected chi connectivity index (χ0v) is 10.2. The molecule has 0 fully saturated rings. The first kappa shape index (κ1) is 12.7. The van der Waals surface area contributed by atoms with Gasteiger partial charge in [-0.25, -0.2) is 5.43 Å². The summed E-state index contributed by atoms with van der Waals surface area (Å²) in [7, 11) is 0. The van der Waals surface area contributed by atoms with Crippen molar-refractivity contribution >= 4 is 18.2 Å². The highest BCUT2D eigenvalue weighted by Crippen LogP contribution is 1.99. The molecule has 2 rings (SSSR count). The summed E-state index contributed by atoms with van der Waals surface area (Å²) >= 11 is 0. The molecule has 1 heterocycles. The maximum absolute atomic E-state index is 11.6. The molecule has 1 aromatic carbocycles. The van der Waals surface area contributed by atoms with Crippen molar-refractivity contribution in [2.24, 2.45) is 5.10 Å². The highest BCUT2D eigenvalue weighted by Gasteiger charge is 2.02. The molecule has 0 saturated carbocycles. The fourth-order valence-electron chi connectivity index (χ4n) is 1.41. The molecule has 0 atom stereocenters. The molecule has 1 N–H and O–H groups in total. The van der Waals surface area contributed by atoms with Crippen molar-refractivity contribution < 1.29 is 4.79 Å². The van der Waals surface area contributed by atoms with Crippen LogP contribution >= 0.6 is 0 Å². The average Bonchev–Trinajstić information content (AvgIpc) is 2.49. The predicted octanol–water partition coefficient (Wildman–Crippen LogP) is 2.51. The normalized spacial score (nSPS) is 10.9. The molecule has 1 amide bonds. The lowest BCUT2D eigenvalue weighted by atomic mass is 10.2. The molecule has 2 aromatic rings. The van der Waals surface area contributed by atoms with Crippen LogP contribution in [0.2, 0.25) is 0 Å². The minimum Gasteiger partial charge on any atom is -0.266 e. The van der Waals surface area contributed by atoms with E-state index >= 15 is 0 Å². The molecular weight excluding hydrogens is 238 g/mol. The van der Waals surface area contributed by atoms with Crippen LogP contribution in [-0.4, -0.2) is 17.1 Å². The molecule has 4 nitrogen and oxygen atoms in total. The van der Waals surface area contributed by atoms with E-state index < -0.39 is 0 Å². The van der Waals surface area contributed by atoms with Crippen molar-refractivity contribution in [2.75, 3.05) is 0 Å². The second-order valence-electron chi connectivity index (χ2n) is 3.70. The van der Waals surface area contributed by atoms with Gasteiger partial charge in [0.05, 0.1) is 0 Å². The third-order valence-corrected chi connectivity index (χ3v) is 2.31. The standard InChI is InChI=1S/C15H13N3O/c19-15(14-10-4-5-11-16-14)18-17-12-6-9-13-7-2-1-3-8-13/h1-12H,(H,18,19)/b9-6-,17-12+. The zero-order chi connectivity index (χ0) is 13.3. The molecule has 0 aliphatic carbocycles. The Hall–Kier alpha value is -2.75. The first-order valence-electron chi connectivity index (χ1n) is 5.82. The summed E-state index contributed by atoms with van der Waals surface area (Å²) in [6, 6.07) is 15.0. The summed E-state index contributed by atoms with van der Waals surface area (Å²) in [6.07, 6.45) is 6.74. The fraction of sp³-hybridized carbons (Fsp3) is 0. The quantitative estimate of drug-likeness (QED) is 0.670. The van der Waals surface area contributed by atoms with Crippen LogP contribution in [0.5, 0.6) is 0 Å². The highest BCUT2D eigenvalue weighted by molar-refractivity contribution is 5.92. The van der Waals surface area contributed by atoms with E-state index in [0.717, 1.165) is 5.56 Å². The second-order valence-corrected chi connectivity index (χ2v) is 3.70. The number of aromatic nitrogens is 1. The molecule has 1 aromatic heterocycles. The number of hydrazone groups is 1. The number of carbonyl (C=O) groups excluding carboxylic acids is 1. The van der Waals surface area contributed by atoms with E-state index in [0.29, 0.717) is 5.69 Å². The van der Waals surface area contributed by atoms with Crippen LogP contribution in [0.4, 0.5) is 0 Å². The van der Waals surface area contributed by atoms with Gasteiger partial charge in [0.15, 0.2) is 0 Å². The molecule has 0 saturated heterocycles. The third-order valence-electron chi connectivity index (χ3n) is 2.31. The minimum atomic E-state index is -0.329. The Morgan fingerprint density at radius 3 is 2.63 bits per heavy atom. The average molecular weight is 251 g/mol. The first-order chi connectivity index (χ1) is 9.36. The van der Waals surface area contributed by atoms with Gasteiger partial charge in [-0.05, 0) is 23.8 Å². The number of hydrogen-bond donors (Lipinski definition) is 1. The molecule has 0 aliphatic heterocycles. The van der Waals surface area contributed by atoms with E-state index in [2.05, 4.69) is 15.5 Å². The molecule has 4 heteroatoms. The monoisotopic (exact) mass is 251 g/mol. The van der Waals surface area contributed by atoms with Gasteiger partial charge < -0.3 is 0 Å². The summed E-state index contributed by atoms with van der Waals surface area (Å²) in [5.41, 5.74) is 3.82. The van der Waals surface area contributed by atoms with Gasteiger partial charge in [0.2, 0.25) is 0 Å². The van der Waals surface area contributed by atoms with Crippen molar-refractivity contribution in [1.29, 1.82) is 0 Å². The lowest BCUT2D eigenvalue weighted by Gasteiger charge is -1.96. The molecule has 19 heavy (non-hydrogen) atoms. The van der Waals surface area contributed by atoms with Crippen LogP contribution in [0.15, 0.2) is 65.9 Å².